The molecule has 1 amide bonds. The normalized spacial score (nSPS) is 20.1. The molecule has 2 aliphatic rings. The predicted octanol–water partition coefficient (Wildman–Crippen LogP) is 1.93. The summed E-state index contributed by atoms with van der Waals surface area (Å²) in [6.45, 7) is 0. The van der Waals surface area contributed by atoms with Gasteiger partial charge in [-0.1, -0.05) is 12.1 Å². The molecule has 0 unspecified atom stereocenters. The molecule has 1 saturated carbocycles. The third kappa shape index (κ3) is 2.50. The van der Waals surface area contributed by atoms with E-state index in [0.29, 0.717) is 9.40 Å². The number of rotatable bonds is 3. The second-order valence-electron chi connectivity index (χ2n) is 5.96. The molecule has 1 aliphatic carbocycles. The van der Waals surface area contributed by atoms with Gasteiger partial charge in [0.1, 0.15) is 9.79 Å². The Bertz CT molecular complexity index is 1020. The Kier molecular flexibility index (Phi) is 3.41. The fraction of sp³-hybridized carbons (Fsp3) is 0.188. The Morgan fingerprint density at radius 1 is 0.880 bits per heavy atom. The maximum Gasteiger partial charge on any atom is 0.279 e. The number of nitrogens with zero attached hydrogens (tertiary/aromatic N) is 1. The van der Waals surface area contributed by atoms with Crippen LogP contribution in [0.25, 0.3) is 0 Å². The van der Waals surface area contributed by atoms with E-state index in [1.165, 1.54) is 48.5 Å². The van der Waals surface area contributed by atoms with Crippen LogP contribution in [0.15, 0.2) is 58.3 Å². The lowest BCUT2D eigenvalue weighted by Gasteiger charge is -2.16. The number of carbonyl (C=O) groups is 1. The minimum Gasteiger partial charge on any atom is -0.326 e. The molecule has 2 aromatic carbocycles. The van der Waals surface area contributed by atoms with Crippen LogP contribution in [0.5, 0.6) is 0 Å². The van der Waals surface area contributed by atoms with Crippen molar-refractivity contribution in [3.8, 4) is 0 Å². The first kappa shape index (κ1) is 16.1. The number of sulfonamides is 2. The minimum atomic E-state index is -4.19. The zero-order chi connectivity index (χ0) is 17.8. The topological polar surface area (TPSA) is 101 Å². The average molecular weight is 378 g/mol. The van der Waals surface area contributed by atoms with Gasteiger partial charge in [0.2, 0.25) is 5.91 Å². The Morgan fingerprint density at radius 3 is 1.88 bits per heavy atom. The van der Waals surface area contributed by atoms with E-state index in [4.69, 9.17) is 0 Å². The van der Waals surface area contributed by atoms with E-state index in [1.807, 2.05) is 0 Å². The van der Waals surface area contributed by atoms with Gasteiger partial charge in [-0.25, -0.2) is 0 Å². The molecule has 1 aliphatic heterocycles. The molecule has 0 bridgehead atoms. The van der Waals surface area contributed by atoms with Crippen LogP contribution in [0.1, 0.15) is 12.8 Å². The molecule has 0 spiro atoms. The summed E-state index contributed by atoms with van der Waals surface area (Å²) >= 11 is 0. The summed E-state index contributed by atoms with van der Waals surface area (Å²) in [5.74, 6) is -0.0462. The number of hydrogen-bond acceptors (Lipinski definition) is 5. The van der Waals surface area contributed by atoms with E-state index >= 15 is 0 Å². The van der Waals surface area contributed by atoms with Crippen LogP contribution >= 0.6 is 0 Å². The molecule has 1 heterocycles. The SMILES string of the molecule is O=C(Nc1ccc(N2S(=O)(=O)c3ccccc3S2(=O)=O)cc1)C1CC1. The number of nitrogens with one attached hydrogen (secondary N) is 1. The highest BCUT2D eigenvalue weighted by molar-refractivity contribution is 8.12. The zero-order valence-electron chi connectivity index (χ0n) is 12.9. The van der Waals surface area contributed by atoms with Crippen molar-refractivity contribution in [3.63, 3.8) is 0 Å². The predicted molar refractivity (Wildman–Crippen MR) is 91.1 cm³/mol. The van der Waals surface area contributed by atoms with Crippen LogP contribution in [0, 0.1) is 5.92 Å². The Hall–Kier alpha value is -2.39. The maximum atomic E-state index is 12.6. The van der Waals surface area contributed by atoms with E-state index in [9.17, 15) is 21.6 Å². The standard InChI is InChI=1S/C16H14N2O5S2/c19-16(11-5-6-11)17-12-7-9-13(10-8-12)18-24(20,21)14-3-1-2-4-15(14)25(18,22)23/h1-4,7-11H,5-6H2,(H,17,19). The van der Waals surface area contributed by atoms with Gasteiger partial charge in [-0.2, -0.15) is 20.5 Å². The van der Waals surface area contributed by atoms with Crippen LogP contribution in [0.2, 0.25) is 0 Å². The number of hydrogen-bond donors (Lipinski definition) is 1. The number of carbonyl (C=O) groups excluding carboxylic acids is 1. The fourth-order valence-corrected chi connectivity index (χ4v) is 7.17. The van der Waals surface area contributed by atoms with Crippen LogP contribution in [0.4, 0.5) is 11.4 Å². The largest absolute Gasteiger partial charge is 0.326 e. The molecule has 0 saturated heterocycles. The molecule has 4 rings (SSSR count). The molecule has 0 aromatic heterocycles. The fourth-order valence-electron chi connectivity index (χ4n) is 2.72. The van der Waals surface area contributed by atoms with Crippen molar-refractivity contribution in [1.29, 1.82) is 0 Å². The van der Waals surface area contributed by atoms with Crippen LogP contribution < -0.4 is 9.03 Å². The van der Waals surface area contributed by atoms with Crippen molar-refractivity contribution in [2.24, 2.45) is 5.92 Å². The molecule has 0 atom stereocenters. The van der Waals surface area contributed by atoms with Crippen LogP contribution in [0.3, 0.4) is 0 Å². The van der Waals surface area contributed by atoms with Gasteiger partial charge in [-0.15, -0.1) is 0 Å². The Morgan fingerprint density at radius 2 is 1.40 bits per heavy atom. The van der Waals surface area contributed by atoms with Gasteiger partial charge >= 0.3 is 0 Å². The third-order valence-electron chi connectivity index (χ3n) is 4.14. The lowest BCUT2D eigenvalue weighted by atomic mass is 10.2. The van der Waals surface area contributed by atoms with Gasteiger partial charge < -0.3 is 5.32 Å². The summed E-state index contributed by atoms with van der Waals surface area (Å²) in [6, 6.07) is 11.2. The van der Waals surface area contributed by atoms with E-state index in [2.05, 4.69) is 5.32 Å². The monoisotopic (exact) mass is 378 g/mol. The molecular weight excluding hydrogens is 364 g/mol. The van der Waals surface area contributed by atoms with Gasteiger partial charge in [0.25, 0.3) is 20.0 Å². The average Bonchev–Trinajstić information content (AvgIpc) is 3.39. The van der Waals surface area contributed by atoms with E-state index in [-0.39, 0.29) is 27.3 Å². The van der Waals surface area contributed by atoms with Crippen molar-refractivity contribution < 1.29 is 21.6 Å². The van der Waals surface area contributed by atoms with Crippen molar-refractivity contribution in [1.82, 2.24) is 0 Å². The second-order valence-corrected chi connectivity index (χ2v) is 9.71. The van der Waals surface area contributed by atoms with Gasteiger partial charge in [-0.3, -0.25) is 4.79 Å². The lowest BCUT2D eigenvalue weighted by molar-refractivity contribution is -0.117. The molecule has 25 heavy (non-hydrogen) atoms. The van der Waals surface area contributed by atoms with Crippen molar-refractivity contribution in [3.05, 3.63) is 48.5 Å². The Labute approximate surface area is 145 Å². The summed E-state index contributed by atoms with van der Waals surface area (Å²) in [5.41, 5.74) is 0.493. The molecular formula is C16H14N2O5S2. The summed E-state index contributed by atoms with van der Waals surface area (Å²) in [6.07, 6.45) is 1.74. The van der Waals surface area contributed by atoms with Crippen LogP contribution in [-0.4, -0.2) is 22.7 Å². The second kappa shape index (κ2) is 5.30. The number of anilines is 2. The van der Waals surface area contributed by atoms with Gasteiger partial charge in [0, 0.05) is 11.6 Å². The molecule has 1 N–H and O–H groups in total. The zero-order valence-corrected chi connectivity index (χ0v) is 14.5. The van der Waals surface area contributed by atoms with Crippen LogP contribution in [-0.2, 0) is 24.8 Å². The maximum absolute atomic E-state index is 12.6. The molecule has 9 heteroatoms. The highest BCUT2D eigenvalue weighted by Crippen LogP contribution is 2.40. The molecule has 7 nitrogen and oxygen atoms in total. The molecule has 130 valence electrons. The van der Waals surface area contributed by atoms with Gasteiger partial charge in [-0.05, 0) is 49.2 Å². The Balaban J connectivity index is 1.71. The van der Waals surface area contributed by atoms with E-state index in [0.717, 1.165) is 12.8 Å². The van der Waals surface area contributed by atoms with E-state index < -0.39 is 20.0 Å². The smallest absolute Gasteiger partial charge is 0.279 e. The first-order valence-electron chi connectivity index (χ1n) is 7.62. The van der Waals surface area contributed by atoms with Crippen molar-refractivity contribution >= 4 is 37.3 Å². The molecule has 1 fully saturated rings. The molecule has 2 aromatic rings. The van der Waals surface area contributed by atoms with Gasteiger partial charge in [0.05, 0.1) is 5.69 Å². The number of fused-ring (bicyclic) bond motifs is 1. The lowest BCUT2D eigenvalue weighted by Crippen LogP contribution is -2.30. The van der Waals surface area contributed by atoms with Gasteiger partial charge in [0.15, 0.2) is 0 Å². The quantitative estimate of drug-likeness (QED) is 0.880. The third-order valence-corrected chi connectivity index (χ3v) is 8.56. The highest BCUT2D eigenvalue weighted by Gasteiger charge is 2.47. The minimum absolute atomic E-state index is 0.000575. The van der Waals surface area contributed by atoms with Crippen molar-refractivity contribution in [2.45, 2.75) is 22.6 Å². The summed E-state index contributed by atoms with van der Waals surface area (Å²) in [7, 11) is -8.38. The van der Waals surface area contributed by atoms with Crippen molar-refractivity contribution in [2.75, 3.05) is 9.03 Å². The summed E-state index contributed by atoms with van der Waals surface area (Å²) < 4.78 is 51.0. The first-order valence-corrected chi connectivity index (χ1v) is 10.5. The summed E-state index contributed by atoms with van der Waals surface area (Å²) in [4.78, 5) is 11.3. The summed E-state index contributed by atoms with van der Waals surface area (Å²) in [5, 5.41) is 2.72. The first-order chi connectivity index (χ1) is 11.8. The number of benzene rings is 2. The molecule has 0 radical (unpaired) electrons. The highest BCUT2D eigenvalue weighted by atomic mass is 32.3. The van der Waals surface area contributed by atoms with E-state index in [1.54, 1.807) is 0 Å². The number of amides is 1.